The Hall–Kier alpha value is -2.01. The molecule has 2 rings (SSSR count). The Bertz CT molecular complexity index is 619. The average Bonchev–Trinajstić information content (AvgIpc) is 2.41. The predicted molar refractivity (Wildman–Crippen MR) is 79.1 cm³/mol. The number of hydrogen-bond donors (Lipinski definition) is 0. The van der Waals surface area contributed by atoms with Gasteiger partial charge in [-0.25, -0.2) is 0 Å². The van der Waals surface area contributed by atoms with Crippen LogP contribution < -0.4 is 0 Å². The molecule has 2 aromatic rings. The topological polar surface area (TPSA) is 55.5 Å². The Morgan fingerprint density at radius 2 is 1.68 bits per heavy atom. The highest BCUT2D eigenvalue weighted by Gasteiger charge is 2.05. The molecule has 0 N–H and O–H groups in total. The van der Waals surface area contributed by atoms with E-state index in [-0.39, 0.29) is 5.69 Å². The zero-order valence-electron chi connectivity index (χ0n) is 10.2. The van der Waals surface area contributed by atoms with Crippen molar-refractivity contribution in [1.29, 1.82) is 0 Å². The highest BCUT2D eigenvalue weighted by molar-refractivity contribution is 9.10. The molecule has 19 heavy (non-hydrogen) atoms. The number of nitrogens with zero attached hydrogens (tertiary/aromatic N) is 2. The highest BCUT2D eigenvalue weighted by atomic mass is 79.9. The molecule has 0 aromatic heterocycles. The van der Waals surface area contributed by atoms with E-state index in [9.17, 15) is 10.1 Å². The van der Waals surface area contributed by atoms with Crippen LogP contribution >= 0.6 is 15.9 Å². The monoisotopic (exact) mass is 318 g/mol. The second kappa shape index (κ2) is 5.75. The summed E-state index contributed by atoms with van der Waals surface area (Å²) >= 11 is 3.37. The first kappa shape index (κ1) is 13.4. The zero-order chi connectivity index (χ0) is 13.8. The molecule has 0 saturated carbocycles. The van der Waals surface area contributed by atoms with E-state index in [1.165, 1.54) is 12.1 Å². The first-order valence-corrected chi connectivity index (χ1v) is 6.41. The second-order valence-corrected chi connectivity index (χ2v) is 4.89. The summed E-state index contributed by atoms with van der Waals surface area (Å²) < 4.78 is 0.999. The lowest BCUT2D eigenvalue weighted by atomic mass is 10.1. The van der Waals surface area contributed by atoms with Crippen molar-refractivity contribution in [3.8, 4) is 0 Å². The van der Waals surface area contributed by atoms with Gasteiger partial charge in [0.2, 0.25) is 0 Å². The van der Waals surface area contributed by atoms with Crippen molar-refractivity contribution in [2.75, 3.05) is 0 Å². The van der Waals surface area contributed by atoms with Gasteiger partial charge in [-0.15, -0.1) is 0 Å². The van der Waals surface area contributed by atoms with Crippen LogP contribution in [0.5, 0.6) is 0 Å². The van der Waals surface area contributed by atoms with Crippen LogP contribution in [0.25, 0.3) is 0 Å². The summed E-state index contributed by atoms with van der Waals surface area (Å²) in [4.78, 5) is 14.6. The molecule has 0 heterocycles. The molecule has 2 aromatic carbocycles. The third-order valence-electron chi connectivity index (χ3n) is 2.62. The van der Waals surface area contributed by atoms with Crippen LogP contribution in [-0.4, -0.2) is 10.6 Å². The fourth-order valence-electron chi connectivity index (χ4n) is 1.60. The third kappa shape index (κ3) is 3.48. The smallest absolute Gasteiger partial charge is 0.258 e. The minimum Gasteiger partial charge on any atom is -0.258 e. The largest absolute Gasteiger partial charge is 0.269 e. The lowest BCUT2D eigenvalue weighted by molar-refractivity contribution is -0.384. The maximum absolute atomic E-state index is 10.6. The molecule has 0 unspecified atom stereocenters. The van der Waals surface area contributed by atoms with Gasteiger partial charge in [0.05, 0.1) is 10.6 Å². The number of rotatable bonds is 3. The minimum atomic E-state index is -0.412. The number of benzene rings is 2. The summed E-state index contributed by atoms with van der Waals surface area (Å²) in [6.45, 7) is 1.88. The van der Waals surface area contributed by atoms with Gasteiger partial charge in [-0.05, 0) is 48.9 Å². The van der Waals surface area contributed by atoms with Crippen LogP contribution in [-0.2, 0) is 0 Å². The summed E-state index contributed by atoms with van der Waals surface area (Å²) in [7, 11) is 0. The van der Waals surface area contributed by atoms with Crippen molar-refractivity contribution in [2.24, 2.45) is 4.99 Å². The van der Waals surface area contributed by atoms with Gasteiger partial charge in [0.1, 0.15) is 0 Å². The predicted octanol–water partition coefficient (Wildman–Crippen LogP) is 4.50. The van der Waals surface area contributed by atoms with Crippen LogP contribution in [0.4, 0.5) is 11.4 Å². The molecule has 5 heteroatoms. The van der Waals surface area contributed by atoms with Crippen molar-refractivity contribution in [2.45, 2.75) is 6.92 Å². The van der Waals surface area contributed by atoms with Crippen LogP contribution in [0.15, 0.2) is 58.0 Å². The summed E-state index contributed by atoms with van der Waals surface area (Å²) in [6.07, 6.45) is 0. The van der Waals surface area contributed by atoms with Crippen molar-refractivity contribution in [3.05, 3.63) is 68.7 Å². The quantitative estimate of drug-likeness (QED) is 0.475. The normalized spacial score (nSPS) is 11.4. The maximum atomic E-state index is 10.6. The Morgan fingerprint density at radius 1 is 1.11 bits per heavy atom. The molecular formula is C14H11BrN2O2. The number of non-ortho nitro benzene ring substituents is 1. The summed E-state index contributed by atoms with van der Waals surface area (Å²) in [5.41, 5.74) is 2.62. The number of halogens is 1. The van der Waals surface area contributed by atoms with Gasteiger partial charge in [-0.3, -0.25) is 15.1 Å². The standard InChI is InChI=1S/C14H11BrN2O2/c1-10(16-13-6-4-12(15)5-7-13)11-2-8-14(9-3-11)17(18)19/h2-9H,1H3/b16-10+. The number of nitro groups is 1. The fraction of sp³-hybridized carbons (Fsp3) is 0.0714. The Kier molecular flexibility index (Phi) is 4.06. The fourth-order valence-corrected chi connectivity index (χ4v) is 1.86. The van der Waals surface area contributed by atoms with Gasteiger partial charge in [-0.1, -0.05) is 15.9 Å². The first-order chi connectivity index (χ1) is 9.06. The van der Waals surface area contributed by atoms with Crippen LogP contribution in [0.2, 0.25) is 0 Å². The SMILES string of the molecule is C/C(=N\c1ccc(Br)cc1)c1ccc([N+](=O)[O-])cc1. The third-order valence-corrected chi connectivity index (χ3v) is 3.15. The Labute approximate surface area is 119 Å². The Balaban J connectivity index is 2.25. The number of nitro benzene ring substituents is 1. The lowest BCUT2D eigenvalue weighted by Gasteiger charge is -2.01. The molecule has 0 atom stereocenters. The molecule has 0 aliphatic carbocycles. The maximum Gasteiger partial charge on any atom is 0.269 e. The summed E-state index contributed by atoms with van der Waals surface area (Å²) in [5, 5.41) is 10.6. The summed E-state index contributed by atoms with van der Waals surface area (Å²) in [5.74, 6) is 0. The molecule has 0 fully saturated rings. The zero-order valence-corrected chi connectivity index (χ0v) is 11.8. The van der Waals surface area contributed by atoms with Gasteiger partial charge < -0.3 is 0 Å². The van der Waals surface area contributed by atoms with E-state index in [4.69, 9.17) is 0 Å². The van der Waals surface area contributed by atoms with Crippen LogP contribution in [0, 0.1) is 10.1 Å². The van der Waals surface area contributed by atoms with Crippen molar-refractivity contribution >= 4 is 33.0 Å². The van der Waals surface area contributed by atoms with Gasteiger partial charge >= 0.3 is 0 Å². The molecular weight excluding hydrogens is 308 g/mol. The van der Waals surface area contributed by atoms with E-state index in [0.717, 1.165) is 21.4 Å². The van der Waals surface area contributed by atoms with Gasteiger partial charge in [0.15, 0.2) is 0 Å². The van der Waals surface area contributed by atoms with Crippen molar-refractivity contribution in [1.82, 2.24) is 0 Å². The van der Waals surface area contributed by atoms with Gasteiger partial charge in [-0.2, -0.15) is 0 Å². The molecule has 0 bridgehead atoms. The molecule has 0 amide bonds. The highest BCUT2D eigenvalue weighted by Crippen LogP contribution is 2.19. The van der Waals surface area contributed by atoms with E-state index < -0.39 is 4.92 Å². The van der Waals surface area contributed by atoms with E-state index >= 15 is 0 Å². The minimum absolute atomic E-state index is 0.0835. The Morgan fingerprint density at radius 3 is 2.21 bits per heavy atom. The van der Waals surface area contributed by atoms with E-state index in [2.05, 4.69) is 20.9 Å². The molecule has 0 aliphatic rings. The molecule has 0 saturated heterocycles. The van der Waals surface area contributed by atoms with Crippen LogP contribution in [0.3, 0.4) is 0 Å². The van der Waals surface area contributed by atoms with Crippen LogP contribution in [0.1, 0.15) is 12.5 Å². The lowest BCUT2D eigenvalue weighted by Crippen LogP contribution is -1.95. The summed E-state index contributed by atoms with van der Waals surface area (Å²) in [6, 6.07) is 14.0. The number of hydrogen-bond acceptors (Lipinski definition) is 3. The van der Waals surface area contributed by atoms with E-state index in [1.54, 1.807) is 12.1 Å². The molecule has 0 radical (unpaired) electrons. The molecule has 0 aliphatic heterocycles. The molecule has 0 spiro atoms. The molecule has 96 valence electrons. The van der Waals surface area contributed by atoms with E-state index in [1.807, 2.05) is 31.2 Å². The van der Waals surface area contributed by atoms with E-state index in [0.29, 0.717) is 0 Å². The van der Waals surface area contributed by atoms with Crippen molar-refractivity contribution < 1.29 is 4.92 Å². The molecule has 4 nitrogen and oxygen atoms in total. The number of aliphatic imine (C=N–C) groups is 1. The first-order valence-electron chi connectivity index (χ1n) is 5.62. The van der Waals surface area contributed by atoms with Gasteiger partial charge in [0.25, 0.3) is 5.69 Å². The van der Waals surface area contributed by atoms with Crippen molar-refractivity contribution in [3.63, 3.8) is 0 Å². The average molecular weight is 319 g/mol. The second-order valence-electron chi connectivity index (χ2n) is 3.98. The van der Waals surface area contributed by atoms with Gasteiger partial charge in [0, 0.05) is 22.3 Å².